The van der Waals surface area contributed by atoms with Crippen molar-refractivity contribution in [2.75, 3.05) is 0 Å². The third-order valence-electron chi connectivity index (χ3n) is 2.80. The summed E-state index contributed by atoms with van der Waals surface area (Å²) in [4.78, 5) is 21.7. The van der Waals surface area contributed by atoms with Crippen LogP contribution in [-0.2, 0) is 11.2 Å². The van der Waals surface area contributed by atoms with Crippen LogP contribution in [0.25, 0.3) is 0 Å². The molecule has 1 rings (SSSR count). The second-order valence-electron chi connectivity index (χ2n) is 4.22. The molecule has 0 saturated heterocycles. The van der Waals surface area contributed by atoms with Crippen LogP contribution in [0.4, 0.5) is 10.1 Å². The van der Waals surface area contributed by atoms with Crippen molar-refractivity contribution in [3.63, 3.8) is 0 Å². The van der Waals surface area contributed by atoms with E-state index in [0.717, 1.165) is 6.07 Å². The number of carbonyl (C=O) groups excluding carboxylic acids is 1. The zero-order chi connectivity index (χ0) is 15.1. The molecular weight excluding hydrogens is 265 g/mol. The van der Waals surface area contributed by atoms with Gasteiger partial charge in [-0.2, -0.15) is 9.65 Å². The molecule has 0 aliphatic rings. The van der Waals surface area contributed by atoms with Crippen LogP contribution in [0.15, 0.2) is 18.2 Å². The molecule has 106 valence electrons. The molecule has 1 unspecified atom stereocenters. The van der Waals surface area contributed by atoms with Gasteiger partial charge in [0.2, 0.25) is 11.7 Å². The van der Waals surface area contributed by atoms with Crippen LogP contribution in [0.1, 0.15) is 25.3 Å². The van der Waals surface area contributed by atoms with Crippen molar-refractivity contribution in [2.45, 2.75) is 32.2 Å². The molecular formula is C13H14FN3O3. The summed E-state index contributed by atoms with van der Waals surface area (Å²) in [5.41, 5.74) is -0.671. The summed E-state index contributed by atoms with van der Waals surface area (Å²) >= 11 is 0. The van der Waals surface area contributed by atoms with Gasteiger partial charge in [0.1, 0.15) is 0 Å². The van der Waals surface area contributed by atoms with Gasteiger partial charge in [0.15, 0.2) is 0 Å². The fourth-order valence-electron chi connectivity index (χ4n) is 1.77. The molecule has 0 fully saturated rings. The highest BCUT2D eigenvalue weighted by molar-refractivity contribution is 5.80. The Labute approximate surface area is 115 Å². The Morgan fingerprint density at radius 2 is 2.30 bits per heavy atom. The third-order valence-corrected chi connectivity index (χ3v) is 2.80. The van der Waals surface area contributed by atoms with Gasteiger partial charge in [0.05, 0.1) is 23.8 Å². The van der Waals surface area contributed by atoms with E-state index in [1.165, 1.54) is 12.1 Å². The molecule has 0 bridgehead atoms. The van der Waals surface area contributed by atoms with Gasteiger partial charge >= 0.3 is 5.69 Å². The highest BCUT2D eigenvalue weighted by Crippen LogP contribution is 2.22. The number of amides is 1. The van der Waals surface area contributed by atoms with E-state index in [1.807, 2.05) is 13.0 Å². The number of carbonyl (C=O) groups is 1. The molecule has 0 saturated carbocycles. The van der Waals surface area contributed by atoms with E-state index in [4.69, 9.17) is 5.26 Å². The van der Waals surface area contributed by atoms with E-state index in [0.29, 0.717) is 6.42 Å². The maximum Gasteiger partial charge on any atom is 0.308 e. The fraction of sp³-hybridized carbons (Fsp3) is 0.385. The van der Waals surface area contributed by atoms with Crippen molar-refractivity contribution in [3.05, 3.63) is 39.7 Å². The number of nitrogens with one attached hydrogen (secondary N) is 1. The van der Waals surface area contributed by atoms with Crippen molar-refractivity contribution >= 4 is 11.6 Å². The zero-order valence-corrected chi connectivity index (χ0v) is 10.9. The number of nitrogens with zero attached hydrogens (tertiary/aromatic N) is 2. The Balaban J connectivity index is 2.84. The van der Waals surface area contributed by atoms with Crippen LogP contribution in [0.5, 0.6) is 0 Å². The molecule has 0 aliphatic heterocycles. The molecule has 0 radical (unpaired) electrons. The molecule has 7 heteroatoms. The monoisotopic (exact) mass is 279 g/mol. The van der Waals surface area contributed by atoms with Gasteiger partial charge < -0.3 is 5.32 Å². The first-order valence-corrected chi connectivity index (χ1v) is 6.07. The minimum atomic E-state index is -0.968. The predicted molar refractivity (Wildman–Crippen MR) is 69.2 cm³/mol. The number of rotatable bonds is 6. The Morgan fingerprint density at radius 1 is 1.60 bits per heavy atom. The lowest BCUT2D eigenvalue weighted by molar-refractivity contribution is -0.388. The molecule has 6 nitrogen and oxygen atoms in total. The number of nitro benzene ring substituents is 1. The minimum Gasteiger partial charge on any atom is -0.352 e. The lowest BCUT2D eigenvalue weighted by atomic mass is 10.1. The number of para-hydroxylation sites is 1. The van der Waals surface area contributed by atoms with Crippen molar-refractivity contribution in [1.29, 1.82) is 5.26 Å². The molecule has 20 heavy (non-hydrogen) atoms. The largest absolute Gasteiger partial charge is 0.352 e. The number of nitriles is 1. The zero-order valence-electron chi connectivity index (χ0n) is 10.9. The predicted octanol–water partition coefficient (Wildman–Crippen LogP) is 2.08. The van der Waals surface area contributed by atoms with Crippen molar-refractivity contribution in [2.24, 2.45) is 0 Å². The summed E-state index contributed by atoms with van der Waals surface area (Å²) < 4.78 is 13.4. The smallest absolute Gasteiger partial charge is 0.308 e. The van der Waals surface area contributed by atoms with E-state index < -0.39 is 22.3 Å². The highest BCUT2D eigenvalue weighted by atomic mass is 19.1. The summed E-state index contributed by atoms with van der Waals surface area (Å²) in [6.07, 6.45) is 0.439. The first kappa shape index (κ1) is 15.6. The van der Waals surface area contributed by atoms with Crippen molar-refractivity contribution in [1.82, 2.24) is 5.32 Å². The first-order chi connectivity index (χ1) is 9.49. The standard InChI is InChI=1S/C13H14FN3O3/c1-2-10(6-7-15)16-12(18)8-9-4-3-5-11(14)13(9)17(19)20/h3-5,10H,2,6,8H2,1H3,(H,16,18). The molecule has 0 aromatic heterocycles. The topological polar surface area (TPSA) is 96.0 Å². The lowest BCUT2D eigenvalue weighted by Gasteiger charge is -2.13. The number of halogens is 1. The lowest BCUT2D eigenvalue weighted by Crippen LogP contribution is -2.35. The number of hydrogen-bond acceptors (Lipinski definition) is 4. The highest BCUT2D eigenvalue weighted by Gasteiger charge is 2.22. The first-order valence-electron chi connectivity index (χ1n) is 6.07. The quantitative estimate of drug-likeness (QED) is 0.637. The van der Waals surface area contributed by atoms with Gasteiger partial charge in [0.25, 0.3) is 0 Å². The van der Waals surface area contributed by atoms with E-state index in [1.54, 1.807) is 0 Å². The van der Waals surface area contributed by atoms with Gasteiger partial charge in [-0.15, -0.1) is 0 Å². The third kappa shape index (κ3) is 4.02. The van der Waals surface area contributed by atoms with Gasteiger partial charge in [0, 0.05) is 11.6 Å². The normalized spacial score (nSPS) is 11.4. The van der Waals surface area contributed by atoms with Gasteiger partial charge in [-0.05, 0) is 12.5 Å². The minimum absolute atomic E-state index is 0.0133. The SMILES string of the molecule is CCC(CC#N)NC(=O)Cc1cccc(F)c1[N+](=O)[O-]. The van der Waals surface area contributed by atoms with Crippen LogP contribution >= 0.6 is 0 Å². The Hall–Kier alpha value is -2.49. The summed E-state index contributed by atoms with van der Waals surface area (Å²) in [7, 11) is 0. The number of hydrogen-bond donors (Lipinski definition) is 1. The fourth-order valence-corrected chi connectivity index (χ4v) is 1.77. The Morgan fingerprint density at radius 3 is 2.85 bits per heavy atom. The molecule has 1 aromatic carbocycles. The Kier molecular flexibility index (Phi) is 5.59. The van der Waals surface area contributed by atoms with Gasteiger partial charge in [-0.3, -0.25) is 14.9 Å². The molecule has 0 heterocycles. The van der Waals surface area contributed by atoms with Gasteiger partial charge in [-0.1, -0.05) is 19.1 Å². The molecule has 1 atom stereocenters. The summed E-state index contributed by atoms with van der Waals surface area (Å²) in [6.45, 7) is 1.81. The average Bonchev–Trinajstić information content (AvgIpc) is 2.37. The van der Waals surface area contributed by atoms with Gasteiger partial charge in [-0.25, -0.2) is 0 Å². The molecule has 1 N–H and O–H groups in total. The van der Waals surface area contributed by atoms with Crippen LogP contribution in [0.3, 0.4) is 0 Å². The second-order valence-corrected chi connectivity index (χ2v) is 4.22. The maximum atomic E-state index is 13.4. The van der Waals surface area contributed by atoms with Crippen LogP contribution < -0.4 is 5.32 Å². The van der Waals surface area contributed by atoms with Crippen LogP contribution in [0.2, 0.25) is 0 Å². The average molecular weight is 279 g/mol. The molecule has 1 aromatic rings. The molecule has 0 spiro atoms. The van der Waals surface area contributed by atoms with Crippen molar-refractivity contribution < 1.29 is 14.1 Å². The Bertz CT molecular complexity index is 554. The second kappa shape index (κ2) is 7.19. The van der Waals surface area contributed by atoms with Crippen LogP contribution in [-0.4, -0.2) is 16.9 Å². The molecule has 1 amide bonds. The summed E-state index contributed by atoms with van der Waals surface area (Å²) in [6, 6.07) is 5.27. The van der Waals surface area contributed by atoms with E-state index in [9.17, 15) is 19.3 Å². The van der Waals surface area contributed by atoms with Crippen molar-refractivity contribution in [3.8, 4) is 6.07 Å². The van der Waals surface area contributed by atoms with Crippen LogP contribution in [0, 0.1) is 27.3 Å². The number of nitro groups is 1. The van der Waals surface area contributed by atoms with E-state index in [-0.39, 0.29) is 24.4 Å². The summed E-state index contributed by atoms with van der Waals surface area (Å²) in [5.74, 6) is -1.44. The number of benzene rings is 1. The molecule has 0 aliphatic carbocycles. The maximum absolute atomic E-state index is 13.4. The van der Waals surface area contributed by atoms with E-state index in [2.05, 4.69) is 5.32 Å². The summed E-state index contributed by atoms with van der Waals surface area (Å²) in [5, 5.41) is 22.0. The van der Waals surface area contributed by atoms with E-state index >= 15 is 0 Å².